The molecule has 1 amide bonds. The largest absolute Gasteiger partial charge is 0.457 e. The first-order valence-electron chi connectivity index (χ1n) is 9.72. The van der Waals surface area contributed by atoms with Crippen LogP contribution in [-0.4, -0.2) is 33.4 Å². The molecule has 4 N–H and O–H groups in total. The highest BCUT2D eigenvalue weighted by atomic mass is 19.1. The van der Waals surface area contributed by atoms with Gasteiger partial charge in [0.1, 0.15) is 17.3 Å². The molecule has 0 radical (unpaired) electrons. The van der Waals surface area contributed by atoms with E-state index in [4.69, 9.17) is 10.5 Å². The third-order valence-corrected chi connectivity index (χ3v) is 5.00. The second-order valence-corrected chi connectivity index (χ2v) is 7.18. The van der Waals surface area contributed by atoms with Crippen LogP contribution in [0.1, 0.15) is 15.9 Å². The molecule has 0 saturated carbocycles. The normalized spacial score (nSPS) is 12.1. The summed E-state index contributed by atoms with van der Waals surface area (Å²) in [6.45, 7) is -0.388. The first-order chi connectivity index (χ1) is 15.0. The average molecular weight is 420 g/mol. The van der Waals surface area contributed by atoms with Crippen molar-refractivity contribution < 1.29 is 24.1 Å². The van der Waals surface area contributed by atoms with Gasteiger partial charge in [-0.05, 0) is 66.2 Å². The Balaban J connectivity index is 1.72. The van der Waals surface area contributed by atoms with E-state index in [9.17, 15) is 19.4 Å². The van der Waals surface area contributed by atoms with Crippen LogP contribution < -0.4 is 10.5 Å². The van der Waals surface area contributed by atoms with Crippen molar-refractivity contribution in [2.75, 3.05) is 6.61 Å². The van der Waals surface area contributed by atoms with Crippen molar-refractivity contribution in [2.24, 2.45) is 5.73 Å². The van der Waals surface area contributed by atoms with E-state index in [1.807, 2.05) is 29.0 Å². The molecule has 1 heterocycles. The molecule has 0 aliphatic carbocycles. The molecule has 0 spiro atoms. The fourth-order valence-corrected chi connectivity index (χ4v) is 3.57. The molecular weight excluding hydrogens is 399 g/mol. The molecule has 0 aliphatic heterocycles. The monoisotopic (exact) mass is 420 g/mol. The van der Waals surface area contributed by atoms with Gasteiger partial charge in [-0.2, -0.15) is 0 Å². The molecule has 0 fully saturated rings. The third-order valence-electron chi connectivity index (χ3n) is 5.00. The molecule has 4 rings (SSSR count). The molecule has 6 nitrogen and oxygen atoms in total. The summed E-state index contributed by atoms with van der Waals surface area (Å²) in [4.78, 5) is 12.0. The van der Waals surface area contributed by atoms with Gasteiger partial charge in [-0.25, -0.2) is 4.39 Å². The van der Waals surface area contributed by atoms with E-state index in [2.05, 4.69) is 0 Å². The highest BCUT2D eigenvalue weighted by Crippen LogP contribution is 2.30. The van der Waals surface area contributed by atoms with Crippen LogP contribution in [0.3, 0.4) is 0 Å². The maximum Gasteiger partial charge on any atom is 0.249 e. The van der Waals surface area contributed by atoms with Crippen molar-refractivity contribution >= 4 is 16.8 Å². The second-order valence-electron chi connectivity index (χ2n) is 7.18. The smallest absolute Gasteiger partial charge is 0.249 e. The van der Waals surface area contributed by atoms with Crippen molar-refractivity contribution in [3.63, 3.8) is 0 Å². The Labute approximate surface area is 177 Å². The van der Waals surface area contributed by atoms with E-state index >= 15 is 0 Å². The van der Waals surface area contributed by atoms with Crippen LogP contribution in [0.15, 0.2) is 72.9 Å². The Kier molecular flexibility index (Phi) is 5.70. The summed E-state index contributed by atoms with van der Waals surface area (Å²) in [5.74, 6) is 0.207. The molecule has 1 aromatic heterocycles. The number of aromatic nitrogens is 1. The van der Waals surface area contributed by atoms with Crippen molar-refractivity contribution in [3.05, 3.63) is 89.9 Å². The number of halogens is 1. The number of aliphatic hydroxyl groups excluding tert-OH is 2. The summed E-state index contributed by atoms with van der Waals surface area (Å²) in [7, 11) is 0. The molecular formula is C24H21FN2O4. The van der Waals surface area contributed by atoms with Crippen LogP contribution in [0.25, 0.3) is 16.6 Å². The highest BCUT2D eigenvalue weighted by molar-refractivity contribution is 6.07. The molecule has 3 aromatic carbocycles. The van der Waals surface area contributed by atoms with Crippen molar-refractivity contribution in [1.82, 2.24) is 4.57 Å². The predicted octanol–water partition coefficient (Wildman–Crippen LogP) is 3.56. The lowest BCUT2D eigenvalue weighted by atomic mass is 10.0. The van der Waals surface area contributed by atoms with Crippen LogP contribution >= 0.6 is 0 Å². The standard InChI is InChI=1S/C24H21FN2O4/c25-16-4-8-19(9-5-16)31-20-10-6-17(7-11-20)27-13-15(12-18(29)14-28)23-21(24(26)30)2-1-3-22(23)27/h1-11,13,18,28-29H,12,14H2,(H2,26,30)/t18-/m0/s1. The van der Waals surface area contributed by atoms with Gasteiger partial charge < -0.3 is 25.3 Å². The predicted molar refractivity (Wildman–Crippen MR) is 115 cm³/mol. The zero-order chi connectivity index (χ0) is 22.0. The minimum absolute atomic E-state index is 0.177. The molecule has 1 atom stereocenters. The molecule has 0 bridgehead atoms. The van der Waals surface area contributed by atoms with Gasteiger partial charge in [0.2, 0.25) is 5.91 Å². The third kappa shape index (κ3) is 4.28. The fourth-order valence-electron chi connectivity index (χ4n) is 3.57. The number of ether oxygens (including phenoxy) is 1. The van der Waals surface area contributed by atoms with E-state index < -0.39 is 12.0 Å². The number of hydrogen-bond acceptors (Lipinski definition) is 4. The topological polar surface area (TPSA) is 97.7 Å². The number of nitrogens with two attached hydrogens (primary N) is 1. The lowest BCUT2D eigenvalue weighted by molar-refractivity contribution is 0.0956. The zero-order valence-corrected chi connectivity index (χ0v) is 16.5. The molecule has 158 valence electrons. The number of amides is 1. The number of carbonyl (C=O) groups excluding carboxylic acids is 1. The van der Waals surface area contributed by atoms with E-state index in [1.165, 1.54) is 12.1 Å². The summed E-state index contributed by atoms with van der Waals surface area (Å²) in [6, 6.07) is 18.3. The van der Waals surface area contributed by atoms with Gasteiger partial charge in [0.25, 0.3) is 0 Å². The van der Waals surface area contributed by atoms with Crippen molar-refractivity contribution in [3.8, 4) is 17.2 Å². The summed E-state index contributed by atoms with van der Waals surface area (Å²) in [5.41, 5.74) is 8.18. The van der Waals surface area contributed by atoms with Gasteiger partial charge in [0, 0.05) is 29.3 Å². The zero-order valence-electron chi connectivity index (χ0n) is 16.5. The lowest BCUT2D eigenvalue weighted by Crippen LogP contribution is -2.16. The Morgan fingerprint density at radius 1 is 1.03 bits per heavy atom. The number of rotatable bonds is 7. The van der Waals surface area contributed by atoms with Crippen LogP contribution in [0.4, 0.5) is 4.39 Å². The Bertz CT molecular complexity index is 1220. The summed E-state index contributed by atoms with van der Waals surface area (Å²) < 4.78 is 20.7. The molecule has 0 unspecified atom stereocenters. The first-order valence-corrected chi connectivity index (χ1v) is 9.72. The molecule has 31 heavy (non-hydrogen) atoms. The Morgan fingerprint density at radius 3 is 2.29 bits per heavy atom. The molecule has 4 aromatic rings. The SMILES string of the molecule is NC(=O)c1cccc2c1c(C[C@H](O)CO)cn2-c1ccc(Oc2ccc(F)cc2)cc1. The van der Waals surface area contributed by atoms with Gasteiger partial charge >= 0.3 is 0 Å². The van der Waals surface area contributed by atoms with Gasteiger partial charge in [-0.1, -0.05) is 6.07 Å². The van der Waals surface area contributed by atoms with Crippen LogP contribution in [0, 0.1) is 5.82 Å². The van der Waals surface area contributed by atoms with E-state index in [1.54, 1.807) is 36.4 Å². The number of aliphatic hydroxyl groups is 2. The maximum absolute atomic E-state index is 13.1. The van der Waals surface area contributed by atoms with Gasteiger partial charge in [-0.15, -0.1) is 0 Å². The number of fused-ring (bicyclic) bond motifs is 1. The van der Waals surface area contributed by atoms with Crippen molar-refractivity contribution in [1.29, 1.82) is 0 Å². The number of benzene rings is 3. The second kappa shape index (κ2) is 8.59. The van der Waals surface area contributed by atoms with E-state index in [-0.39, 0.29) is 18.8 Å². The summed E-state index contributed by atoms with van der Waals surface area (Å²) >= 11 is 0. The van der Waals surface area contributed by atoms with Crippen LogP contribution in [0.2, 0.25) is 0 Å². The summed E-state index contributed by atoms with van der Waals surface area (Å²) in [5, 5.41) is 19.9. The molecule has 0 aliphatic rings. The van der Waals surface area contributed by atoms with Crippen LogP contribution in [0.5, 0.6) is 11.5 Å². The molecule has 0 saturated heterocycles. The number of nitrogens with zero attached hydrogens (tertiary/aromatic N) is 1. The first kappa shape index (κ1) is 20.6. The Hall–Kier alpha value is -3.68. The van der Waals surface area contributed by atoms with Gasteiger partial charge in [0.15, 0.2) is 0 Å². The van der Waals surface area contributed by atoms with E-state index in [0.29, 0.717) is 28.0 Å². The minimum atomic E-state index is -0.952. The van der Waals surface area contributed by atoms with Gasteiger partial charge in [0.05, 0.1) is 18.2 Å². The van der Waals surface area contributed by atoms with Crippen molar-refractivity contribution in [2.45, 2.75) is 12.5 Å². The maximum atomic E-state index is 13.1. The van der Waals surface area contributed by atoms with Gasteiger partial charge in [-0.3, -0.25) is 4.79 Å². The quantitative estimate of drug-likeness (QED) is 0.426. The van der Waals surface area contributed by atoms with E-state index in [0.717, 1.165) is 11.2 Å². The number of hydrogen-bond donors (Lipinski definition) is 3. The van der Waals surface area contributed by atoms with Crippen LogP contribution in [-0.2, 0) is 6.42 Å². The summed E-state index contributed by atoms with van der Waals surface area (Å²) in [6.07, 6.45) is 1.05. The molecule has 7 heteroatoms. The lowest BCUT2D eigenvalue weighted by Gasteiger charge is -2.09. The number of primary amides is 1. The minimum Gasteiger partial charge on any atom is -0.457 e. The number of carbonyl (C=O) groups is 1. The Morgan fingerprint density at radius 2 is 1.68 bits per heavy atom. The highest BCUT2D eigenvalue weighted by Gasteiger charge is 2.18. The average Bonchev–Trinajstić information content (AvgIpc) is 3.14. The fraction of sp³-hybridized carbons (Fsp3) is 0.125.